The molecule has 2 N–H and O–H groups in total. The van der Waals surface area contributed by atoms with Gasteiger partial charge in [0.1, 0.15) is 0 Å². The standard InChI is InChI=1S/C8H19N3O2S.HI/c1-8(2,14(5,12)13)6-11-7(9-3)10-4;/h6H2,1-5H3,(H2,9,10,11);1H. The number of aliphatic imine (C=N–C) groups is 1. The van der Waals surface area contributed by atoms with E-state index in [1.807, 2.05) is 0 Å². The SMILES string of the molecule is CN=C(NC)NCC(C)(C)S(C)(=O)=O.I. The summed E-state index contributed by atoms with van der Waals surface area (Å²) in [7, 11) is 0.296. The molecular weight excluding hydrogens is 329 g/mol. The molecule has 0 atom stereocenters. The molecule has 0 aliphatic carbocycles. The minimum atomic E-state index is -3.06. The van der Waals surface area contributed by atoms with Crippen molar-refractivity contribution in [3.63, 3.8) is 0 Å². The van der Waals surface area contributed by atoms with Crippen molar-refractivity contribution in [2.45, 2.75) is 18.6 Å². The number of guanidine groups is 1. The van der Waals surface area contributed by atoms with E-state index < -0.39 is 14.6 Å². The van der Waals surface area contributed by atoms with E-state index in [1.54, 1.807) is 27.9 Å². The predicted molar refractivity (Wildman–Crippen MR) is 74.8 cm³/mol. The molecule has 0 bridgehead atoms. The number of hydrogen-bond donors (Lipinski definition) is 2. The summed E-state index contributed by atoms with van der Waals surface area (Å²) in [5.74, 6) is 0.585. The van der Waals surface area contributed by atoms with Gasteiger partial charge in [0.05, 0.1) is 4.75 Å². The highest BCUT2D eigenvalue weighted by Gasteiger charge is 2.29. The van der Waals surface area contributed by atoms with Crippen LogP contribution in [0.15, 0.2) is 4.99 Å². The largest absolute Gasteiger partial charge is 0.359 e. The maximum atomic E-state index is 11.3. The van der Waals surface area contributed by atoms with Crippen molar-refractivity contribution in [2.75, 3.05) is 26.9 Å². The Morgan fingerprint density at radius 1 is 1.40 bits per heavy atom. The smallest absolute Gasteiger partial charge is 0.190 e. The van der Waals surface area contributed by atoms with E-state index in [2.05, 4.69) is 15.6 Å². The van der Waals surface area contributed by atoms with Crippen LogP contribution in [-0.2, 0) is 9.84 Å². The van der Waals surface area contributed by atoms with Crippen LogP contribution in [0.1, 0.15) is 13.8 Å². The second kappa shape index (κ2) is 6.51. The van der Waals surface area contributed by atoms with Crippen molar-refractivity contribution < 1.29 is 8.42 Å². The Balaban J connectivity index is 0. The Bertz CT molecular complexity index is 312. The van der Waals surface area contributed by atoms with Crippen molar-refractivity contribution in [1.29, 1.82) is 0 Å². The highest BCUT2D eigenvalue weighted by atomic mass is 127. The maximum Gasteiger partial charge on any atom is 0.190 e. The molecule has 0 aromatic heterocycles. The summed E-state index contributed by atoms with van der Waals surface area (Å²) in [6.45, 7) is 3.69. The molecule has 0 aliphatic heterocycles. The summed E-state index contributed by atoms with van der Waals surface area (Å²) in [6, 6.07) is 0. The van der Waals surface area contributed by atoms with Gasteiger partial charge in [0.15, 0.2) is 15.8 Å². The van der Waals surface area contributed by atoms with Crippen LogP contribution in [-0.4, -0.2) is 46.0 Å². The lowest BCUT2D eigenvalue weighted by atomic mass is 10.2. The van der Waals surface area contributed by atoms with E-state index in [9.17, 15) is 8.42 Å². The molecule has 0 aromatic rings. The van der Waals surface area contributed by atoms with Crippen LogP contribution in [0, 0.1) is 0 Å². The van der Waals surface area contributed by atoms with E-state index in [4.69, 9.17) is 0 Å². The third-order valence-corrected chi connectivity index (χ3v) is 4.30. The van der Waals surface area contributed by atoms with Gasteiger partial charge in [0.25, 0.3) is 0 Å². The van der Waals surface area contributed by atoms with Gasteiger partial charge in [-0.3, -0.25) is 4.99 Å². The van der Waals surface area contributed by atoms with Gasteiger partial charge < -0.3 is 10.6 Å². The molecule has 0 unspecified atom stereocenters. The van der Waals surface area contributed by atoms with Gasteiger partial charge in [-0.1, -0.05) is 0 Å². The fraction of sp³-hybridized carbons (Fsp3) is 0.875. The average Bonchev–Trinajstić information content (AvgIpc) is 2.04. The number of hydrogen-bond acceptors (Lipinski definition) is 3. The Hall–Kier alpha value is -0.0500. The first-order valence-electron chi connectivity index (χ1n) is 4.32. The van der Waals surface area contributed by atoms with Crippen LogP contribution < -0.4 is 10.6 Å². The first kappa shape index (κ1) is 17.3. The van der Waals surface area contributed by atoms with Crippen molar-refractivity contribution >= 4 is 39.8 Å². The lowest BCUT2D eigenvalue weighted by Crippen LogP contribution is -2.46. The van der Waals surface area contributed by atoms with Gasteiger partial charge in [-0.25, -0.2) is 8.42 Å². The minimum Gasteiger partial charge on any atom is -0.359 e. The fourth-order valence-electron chi connectivity index (χ4n) is 0.707. The van der Waals surface area contributed by atoms with Gasteiger partial charge in [0.2, 0.25) is 0 Å². The molecular formula is C8H20IN3O2S. The molecule has 0 rings (SSSR count). The van der Waals surface area contributed by atoms with Crippen molar-refractivity contribution in [3.8, 4) is 0 Å². The highest BCUT2D eigenvalue weighted by Crippen LogP contribution is 2.12. The Kier molecular flexibility index (Phi) is 7.53. The second-order valence-corrected chi connectivity index (χ2v) is 6.36. The molecule has 0 aromatic carbocycles. The first-order valence-corrected chi connectivity index (χ1v) is 6.22. The van der Waals surface area contributed by atoms with Gasteiger partial charge >= 0.3 is 0 Å². The zero-order valence-electron chi connectivity index (χ0n) is 9.79. The van der Waals surface area contributed by atoms with Gasteiger partial charge in [-0.15, -0.1) is 24.0 Å². The summed E-state index contributed by atoms with van der Waals surface area (Å²) in [6.07, 6.45) is 1.23. The number of sulfone groups is 1. The maximum absolute atomic E-state index is 11.3. The number of halogens is 1. The molecule has 0 spiro atoms. The summed E-state index contributed by atoms with van der Waals surface area (Å²) in [5, 5.41) is 5.75. The summed E-state index contributed by atoms with van der Waals surface area (Å²) >= 11 is 0. The molecule has 0 fully saturated rings. The summed E-state index contributed by atoms with van der Waals surface area (Å²) < 4.78 is 21.9. The van der Waals surface area contributed by atoms with Crippen LogP contribution in [0.25, 0.3) is 0 Å². The Morgan fingerprint density at radius 2 is 1.87 bits per heavy atom. The predicted octanol–water partition coefficient (Wildman–Crippen LogP) is 0.222. The molecule has 0 saturated carbocycles. The number of nitrogens with one attached hydrogen (secondary N) is 2. The minimum absolute atomic E-state index is 0. The Morgan fingerprint density at radius 3 is 2.13 bits per heavy atom. The van der Waals surface area contributed by atoms with Crippen LogP contribution in [0.2, 0.25) is 0 Å². The zero-order valence-corrected chi connectivity index (χ0v) is 12.9. The van der Waals surface area contributed by atoms with E-state index in [0.29, 0.717) is 12.5 Å². The lowest BCUT2D eigenvalue weighted by molar-refractivity contribution is 0.545. The third-order valence-electron chi connectivity index (χ3n) is 2.15. The molecule has 5 nitrogen and oxygen atoms in total. The quantitative estimate of drug-likeness (QED) is 0.435. The van der Waals surface area contributed by atoms with E-state index in [1.165, 1.54) is 6.26 Å². The molecule has 7 heteroatoms. The monoisotopic (exact) mass is 349 g/mol. The zero-order chi connectivity index (χ0) is 11.4. The van der Waals surface area contributed by atoms with Crippen molar-refractivity contribution in [2.24, 2.45) is 4.99 Å². The molecule has 0 aliphatic rings. The van der Waals surface area contributed by atoms with Crippen molar-refractivity contribution in [1.82, 2.24) is 10.6 Å². The third kappa shape index (κ3) is 5.55. The van der Waals surface area contributed by atoms with Crippen LogP contribution in [0.3, 0.4) is 0 Å². The summed E-state index contributed by atoms with van der Waals surface area (Å²) in [5.41, 5.74) is 0. The molecule has 0 radical (unpaired) electrons. The molecule has 15 heavy (non-hydrogen) atoms. The number of nitrogens with zero attached hydrogens (tertiary/aromatic N) is 1. The van der Waals surface area contributed by atoms with Crippen LogP contribution in [0.4, 0.5) is 0 Å². The van der Waals surface area contributed by atoms with Gasteiger partial charge in [-0.2, -0.15) is 0 Å². The van der Waals surface area contributed by atoms with E-state index >= 15 is 0 Å². The van der Waals surface area contributed by atoms with Crippen LogP contribution in [0.5, 0.6) is 0 Å². The van der Waals surface area contributed by atoms with Crippen LogP contribution >= 0.6 is 24.0 Å². The van der Waals surface area contributed by atoms with E-state index in [-0.39, 0.29) is 24.0 Å². The summed E-state index contributed by atoms with van der Waals surface area (Å²) in [4.78, 5) is 3.89. The molecule has 0 amide bonds. The van der Waals surface area contributed by atoms with E-state index in [0.717, 1.165) is 0 Å². The van der Waals surface area contributed by atoms with Gasteiger partial charge in [-0.05, 0) is 13.8 Å². The molecule has 92 valence electrons. The average molecular weight is 349 g/mol. The molecule has 0 heterocycles. The normalized spacial score (nSPS) is 13.0. The highest BCUT2D eigenvalue weighted by molar-refractivity contribution is 14.0. The fourth-order valence-corrected chi connectivity index (χ4v) is 1.04. The molecule has 0 saturated heterocycles. The second-order valence-electron chi connectivity index (χ2n) is 3.71. The first-order chi connectivity index (χ1) is 6.24. The topological polar surface area (TPSA) is 70.6 Å². The van der Waals surface area contributed by atoms with Gasteiger partial charge in [0, 0.05) is 26.9 Å². The number of rotatable bonds is 3. The Labute approximate surface area is 109 Å². The lowest BCUT2D eigenvalue weighted by Gasteiger charge is -2.23. The van der Waals surface area contributed by atoms with Crippen molar-refractivity contribution in [3.05, 3.63) is 0 Å².